The number of hydrazine groups is 1. The van der Waals surface area contributed by atoms with Gasteiger partial charge >= 0.3 is 5.69 Å². The van der Waals surface area contributed by atoms with E-state index in [1.165, 1.54) is 0 Å². The Morgan fingerprint density at radius 3 is 2.43 bits per heavy atom. The van der Waals surface area contributed by atoms with E-state index in [2.05, 4.69) is 42.1 Å². The summed E-state index contributed by atoms with van der Waals surface area (Å²) >= 11 is 3.37. The van der Waals surface area contributed by atoms with Gasteiger partial charge in [-0.2, -0.15) is 0 Å². The standard InChI is InChI=1S/C18H15BrN6O3/c1-11-6-8-12(9-7-11)18(26)24-23-17-15(25(27)28)16(20-10-21-17)22-14-5-3-2-4-13(14)19/h2-10H,1H3,(H,24,26)(H2,20,21,22,23). The highest BCUT2D eigenvalue weighted by Crippen LogP contribution is 2.33. The van der Waals surface area contributed by atoms with Crippen LogP contribution in [0.1, 0.15) is 15.9 Å². The summed E-state index contributed by atoms with van der Waals surface area (Å²) in [6, 6.07) is 14.0. The zero-order valence-electron chi connectivity index (χ0n) is 14.6. The van der Waals surface area contributed by atoms with Gasteiger partial charge in [0, 0.05) is 10.0 Å². The highest BCUT2D eigenvalue weighted by molar-refractivity contribution is 9.10. The van der Waals surface area contributed by atoms with Crippen molar-refractivity contribution in [1.29, 1.82) is 0 Å². The number of hydrogen-bond acceptors (Lipinski definition) is 7. The van der Waals surface area contributed by atoms with Gasteiger partial charge in [0.15, 0.2) is 0 Å². The largest absolute Gasteiger partial charge is 0.355 e. The van der Waals surface area contributed by atoms with Crippen molar-refractivity contribution in [1.82, 2.24) is 15.4 Å². The Bertz CT molecular complexity index is 1030. The molecule has 3 rings (SSSR count). The molecule has 0 aliphatic carbocycles. The van der Waals surface area contributed by atoms with Gasteiger partial charge in [-0.15, -0.1) is 0 Å². The molecule has 0 saturated heterocycles. The summed E-state index contributed by atoms with van der Waals surface area (Å²) in [5.41, 5.74) is 6.53. The van der Waals surface area contributed by atoms with E-state index in [4.69, 9.17) is 0 Å². The minimum absolute atomic E-state index is 0.0148. The first-order chi connectivity index (χ1) is 13.5. The lowest BCUT2D eigenvalue weighted by Gasteiger charge is -2.11. The fourth-order valence-corrected chi connectivity index (χ4v) is 2.70. The molecule has 10 heteroatoms. The molecule has 3 N–H and O–H groups in total. The molecule has 0 unspecified atom stereocenters. The number of nitrogens with one attached hydrogen (secondary N) is 3. The zero-order valence-corrected chi connectivity index (χ0v) is 16.2. The van der Waals surface area contributed by atoms with E-state index in [0.717, 1.165) is 11.9 Å². The van der Waals surface area contributed by atoms with Crippen LogP contribution in [0.15, 0.2) is 59.3 Å². The number of carbonyl (C=O) groups is 1. The summed E-state index contributed by atoms with van der Waals surface area (Å²) in [5, 5.41) is 14.5. The molecule has 9 nitrogen and oxygen atoms in total. The number of anilines is 3. The first-order valence-corrected chi connectivity index (χ1v) is 8.89. The van der Waals surface area contributed by atoms with Crippen molar-refractivity contribution in [2.75, 3.05) is 10.7 Å². The van der Waals surface area contributed by atoms with Gasteiger partial charge in [-0.25, -0.2) is 9.97 Å². The molecule has 28 heavy (non-hydrogen) atoms. The molecule has 1 aromatic heterocycles. The summed E-state index contributed by atoms with van der Waals surface area (Å²) in [5.74, 6) is -0.609. The third-order valence-corrected chi connectivity index (χ3v) is 4.43. The van der Waals surface area contributed by atoms with Gasteiger partial charge in [0.25, 0.3) is 5.91 Å². The van der Waals surface area contributed by atoms with Crippen molar-refractivity contribution < 1.29 is 9.72 Å². The number of nitrogens with zero attached hydrogens (tertiary/aromatic N) is 3. The second-order valence-corrected chi connectivity index (χ2v) is 6.58. The second-order valence-electron chi connectivity index (χ2n) is 5.73. The van der Waals surface area contributed by atoms with Crippen LogP contribution in [-0.2, 0) is 0 Å². The first kappa shape index (κ1) is 19.2. The van der Waals surface area contributed by atoms with Crippen molar-refractivity contribution in [2.24, 2.45) is 0 Å². The Balaban J connectivity index is 1.83. The fraction of sp³-hybridized carbons (Fsp3) is 0.0556. The van der Waals surface area contributed by atoms with Gasteiger partial charge in [-0.1, -0.05) is 29.8 Å². The lowest BCUT2D eigenvalue weighted by molar-refractivity contribution is -0.383. The number of amides is 1. The Labute approximate surface area is 168 Å². The smallest absolute Gasteiger partial charge is 0.333 e. The lowest BCUT2D eigenvalue weighted by Crippen LogP contribution is -2.30. The number of para-hydroxylation sites is 1. The minimum atomic E-state index is -0.625. The summed E-state index contributed by atoms with van der Waals surface area (Å²) in [7, 11) is 0. The molecule has 0 fully saturated rings. The minimum Gasteiger partial charge on any atom is -0.333 e. The van der Waals surface area contributed by atoms with E-state index in [1.54, 1.807) is 42.5 Å². The molecule has 3 aromatic rings. The maximum atomic E-state index is 12.2. The Morgan fingerprint density at radius 2 is 1.75 bits per heavy atom. The van der Waals surface area contributed by atoms with Crippen LogP contribution in [0, 0.1) is 17.0 Å². The van der Waals surface area contributed by atoms with Crippen molar-refractivity contribution in [3.8, 4) is 0 Å². The van der Waals surface area contributed by atoms with Gasteiger partial charge in [0.05, 0.1) is 10.6 Å². The van der Waals surface area contributed by atoms with Crippen molar-refractivity contribution in [3.63, 3.8) is 0 Å². The average molecular weight is 443 g/mol. The molecule has 142 valence electrons. The number of carbonyl (C=O) groups excluding carboxylic acids is 1. The molecule has 1 amide bonds. The van der Waals surface area contributed by atoms with Gasteiger partial charge in [0.1, 0.15) is 6.33 Å². The van der Waals surface area contributed by atoms with Crippen LogP contribution >= 0.6 is 15.9 Å². The van der Waals surface area contributed by atoms with E-state index in [0.29, 0.717) is 15.7 Å². The maximum Gasteiger partial charge on any atom is 0.355 e. The van der Waals surface area contributed by atoms with Gasteiger partial charge in [-0.3, -0.25) is 25.8 Å². The molecule has 0 spiro atoms. The number of aromatic nitrogens is 2. The van der Waals surface area contributed by atoms with Crippen LogP contribution < -0.4 is 16.2 Å². The van der Waals surface area contributed by atoms with E-state index in [9.17, 15) is 14.9 Å². The summed E-state index contributed by atoms with van der Waals surface area (Å²) in [6.07, 6.45) is 1.16. The fourth-order valence-electron chi connectivity index (χ4n) is 2.32. The monoisotopic (exact) mass is 442 g/mol. The Hall–Kier alpha value is -3.53. The van der Waals surface area contributed by atoms with Gasteiger partial charge in [0.2, 0.25) is 11.6 Å². The van der Waals surface area contributed by atoms with Gasteiger partial charge < -0.3 is 5.32 Å². The number of nitro groups is 1. The molecular weight excluding hydrogens is 428 g/mol. The number of hydrogen-bond donors (Lipinski definition) is 3. The number of aryl methyl sites for hydroxylation is 1. The molecule has 1 heterocycles. The predicted molar refractivity (Wildman–Crippen MR) is 108 cm³/mol. The summed E-state index contributed by atoms with van der Waals surface area (Å²) < 4.78 is 0.713. The van der Waals surface area contributed by atoms with Crippen LogP contribution in [0.5, 0.6) is 0 Å². The number of rotatable bonds is 6. The van der Waals surface area contributed by atoms with Crippen LogP contribution in [-0.4, -0.2) is 20.8 Å². The number of benzene rings is 2. The second kappa shape index (κ2) is 8.44. The van der Waals surface area contributed by atoms with Crippen molar-refractivity contribution >= 4 is 44.8 Å². The third kappa shape index (κ3) is 4.41. The quantitative estimate of drug-likeness (QED) is 0.389. The first-order valence-electron chi connectivity index (χ1n) is 8.09. The van der Waals surface area contributed by atoms with Crippen LogP contribution in [0.3, 0.4) is 0 Å². The molecule has 0 atom stereocenters. The normalized spacial score (nSPS) is 10.2. The Morgan fingerprint density at radius 1 is 1.07 bits per heavy atom. The van der Waals surface area contributed by atoms with Crippen molar-refractivity contribution in [3.05, 3.63) is 80.6 Å². The molecule has 0 bridgehead atoms. The topological polar surface area (TPSA) is 122 Å². The number of halogens is 1. The molecule has 0 aliphatic heterocycles. The van der Waals surface area contributed by atoms with E-state index in [1.807, 2.05) is 13.0 Å². The van der Waals surface area contributed by atoms with Crippen molar-refractivity contribution in [2.45, 2.75) is 6.92 Å². The molecule has 2 aromatic carbocycles. The molecule has 0 radical (unpaired) electrons. The zero-order chi connectivity index (χ0) is 20.1. The maximum absolute atomic E-state index is 12.2. The predicted octanol–water partition coefficient (Wildman–Crippen LogP) is 3.96. The lowest BCUT2D eigenvalue weighted by atomic mass is 10.1. The molecule has 0 saturated carbocycles. The van der Waals surface area contributed by atoms with Crippen LogP contribution in [0.2, 0.25) is 0 Å². The highest BCUT2D eigenvalue weighted by atomic mass is 79.9. The van der Waals surface area contributed by atoms with E-state index in [-0.39, 0.29) is 11.6 Å². The van der Waals surface area contributed by atoms with E-state index < -0.39 is 16.5 Å². The summed E-state index contributed by atoms with van der Waals surface area (Å²) in [6.45, 7) is 1.91. The van der Waals surface area contributed by atoms with Crippen LogP contribution in [0.4, 0.5) is 23.0 Å². The molecular formula is C18H15BrN6O3. The Kier molecular flexibility index (Phi) is 5.80. The summed E-state index contributed by atoms with van der Waals surface area (Å²) in [4.78, 5) is 31.0. The third-order valence-electron chi connectivity index (χ3n) is 3.74. The average Bonchev–Trinajstić information content (AvgIpc) is 2.68. The highest BCUT2D eigenvalue weighted by Gasteiger charge is 2.24. The van der Waals surface area contributed by atoms with E-state index >= 15 is 0 Å². The van der Waals surface area contributed by atoms with Gasteiger partial charge in [-0.05, 0) is 47.1 Å². The SMILES string of the molecule is Cc1ccc(C(=O)NNc2ncnc(Nc3ccccc3Br)c2[N+](=O)[O-])cc1. The molecule has 0 aliphatic rings. The van der Waals surface area contributed by atoms with Crippen LogP contribution in [0.25, 0.3) is 0 Å².